The maximum atomic E-state index is 13.3. The molecule has 1 aromatic rings. The van der Waals surface area contributed by atoms with Crippen molar-refractivity contribution in [3.8, 4) is 0 Å². The van der Waals surface area contributed by atoms with Gasteiger partial charge < -0.3 is 5.73 Å². The van der Waals surface area contributed by atoms with Crippen molar-refractivity contribution in [3.63, 3.8) is 0 Å². The maximum absolute atomic E-state index is 13.3. The van der Waals surface area contributed by atoms with Crippen LogP contribution in [0.5, 0.6) is 0 Å². The van der Waals surface area contributed by atoms with Crippen LogP contribution in [-0.2, 0) is 4.79 Å². The number of hydrazine groups is 1. The number of rotatable bonds is 3. The first-order chi connectivity index (χ1) is 7.47. The Morgan fingerprint density at radius 1 is 1.56 bits per heavy atom. The van der Waals surface area contributed by atoms with Gasteiger partial charge in [-0.15, -0.1) is 0 Å². The van der Waals surface area contributed by atoms with Crippen molar-refractivity contribution in [1.29, 1.82) is 0 Å². The zero-order valence-electron chi connectivity index (χ0n) is 8.97. The molecule has 0 bridgehead atoms. The molecule has 0 heterocycles. The quantitative estimate of drug-likeness (QED) is 0.697. The molecule has 0 fully saturated rings. The Morgan fingerprint density at radius 3 is 2.75 bits per heavy atom. The number of halogens is 2. The van der Waals surface area contributed by atoms with E-state index in [1.807, 2.05) is 0 Å². The maximum Gasteiger partial charge on any atom is 0.255 e. The van der Waals surface area contributed by atoms with Gasteiger partial charge in [0.15, 0.2) is 0 Å². The zero-order chi connectivity index (χ0) is 12.3. The molecule has 6 heteroatoms. The van der Waals surface area contributed by atoms with Crippen molar-refractivity contribution in [3.05, 3.63) is 34.1 Å². The van der Waals surface area contributed by atoms with Crippen molar-refractivity contribution >= 4 is 17.5 Å². The minimum Gasteiger partial charge on any atom is -0.316 e. The molecule has 0 aliphatic heterocycles. The van der Waals surface area contributed by atoms with E-state index in [-0.39, 0.29) is 10.6 Å². The first kappa shape index (κ1) is 12.9. The third-order valence-electron chi connectivity index (χ3n) is 2.14. The molecule has 88 valence electrons. The number of nitrogens with one attached hydrogen (secondary N) is 2. The molecule has 0 spiro atoms. The number of hydrogen-bond donors (Lipinski definition) is 3. The fourth-order valence-electron chi connectivity index (χ4n) is 1.24. The minimum atomic E-state index is -1.00. The predicted octanol–water partition coefficient (Wildman–Crippen LogP) is 1.04. The normalized spacial score (nSPS) is 12.3. The second-order valence-corrected chi connectivity index (χ2v) is 3.75. The van der Waals surface area contributed by atoms with Gasteiger partial charge in [-0.3, -0.25) is 10.2 Å². The molecular weight excluding hydrogens is 233 g/mol. The van der Waals surface area contributed by atoms with Gasteiger partial charge in [0.25, 0.3) is 5.91 Å². The molecule has 1 atom stereocenters. The van der Waals surface area contributed by atoms with Crippen LogP contribution in [0.2, 0.25) is 5.02 Å². The fourth-order valence-corrected chi connectivity index (χ4v) is 1.58. The number of hydrogen-bond acceptors (Lipinski definition) is 3. The molecule has 4 nitrogen and oxygen atoms in total. The van der Waals surface area contributed by atoms with Crippen molar-refractivity contribution in [2.24, 2.45) is 5.73 Å². The lowest BCUT2D eigenvalue weighted by Crippen LogP contribution is -2.41. The van der Waals surface area contributed by atoms with Crippen LogP contribution in [0.15, 0.2) is 12.1 Å². The Morgan fingerprint density at radius 2 is 2.19 bits per heavy atom. The lowest BCUT2D eigenvalue weighted by molar-refractivity contribution is -0.123. The summed E-state index contributed by atoms with van der Waals surface area (Å²) in [7, 11) is 1.53. The van der Waals surface area contributed by atoms with Gasteiger partial charge in [0, 0.05) is 12.1 Å². The molecule has 0 saturated heterocycles. The Hall–Kier alpha value is -1.17. The van der Waals surface area contributed by atoms with Crippen molar-refractivity contribution in [1.82, 2.24) is 10.9 Å². The van der Waals surface area contributed by atoms with Gasteiger partial charge in [-0.2, -0.15) is 0 Å². The molecule has 1 amide bonds. The van der Waals surface area contributed by atoms with Gasteiger partial charge in [-0.25, -0.2) is 9.82 Å². The van der Waals surface area contributed by atoms with Crippen LogP contribution >= 0.6 is 11.6 Å². The molecule has 1 aromatic carbocycles. The number of aryl methyl sites for hydroxylation is 1. The highest BCUT2D eigenvalue weighted by molar-refractivity contribution is 6.31. The van der Waals surface area contributed by atoms with E-state index < -0.39 is 17.8 Å². The van der Waals surface area contributed by atoms with Crippen LogP contribution < -0.4 is 16.6 Å². The minimum absolute atomic E-state index is 0.262. The monoisotopic (exact) mass is 245 g/mol. The topological polar surface area (TPSA) is 67.1 Å². The van der Waals surface area contributed by atoms with Crippen molar-refractivity contribution in [2.45, 2.75) is 13.0 Å². The predicted molar refractivity (Wildman–Crippen MR) is 60.3 cm³/mol. The summed E-state index contributed by atoms with van der Waals surface area (Å²) in [6.07, 6.45) is 0. The zero-order valence-corrected chi connectivity index (χ0v) is 9.73. The van der Waals surface area contributed by atoms with Crippen molar-refractivity contribution in [2.75, 3.05) is 7.05 Å². The number of carbonyl (C=O) groups excluding carboxylic acids is 1. The van der Waals surface area contributed by atoms with Crippen LogP contribution in [0.25, 0.3) is 0 Å². The summed E-state index contributed by atoms with van der Waals surface area (Å²) < 4.78 is 13.3. The lowest BCUT2D eigenvalue weighted by Gasteiger charge is -2.14. The standard InChI is InChI=1S/C10H13ClFN3O/c1-5-3-7(11)6(4-8(5)12)9(13)10(16)15-14-2/h3-4,9,14H,13H2,1-2H3,(H,15,16). The molecule has 0 aromatic heterocycles. The second kappa shape index (κ2) is 5.25. The van der Waals surface area contributed by atoms with Gasteiger partial charge in [0.2, 0.25) is 0 Å². The van der Waals surface area contributed by atoms with E-state index >= 15 is 0 Å². The van der Waals surface area contributed by atoms with Gasteiger partial charge in [0.1, 0.15) is 11.9 Å². The highest BCUT2D eigenvalue weighted by Gasteiger charge is 2.19. The second-order valence-electron chi connectivity index (χ2n) is 3.34. The van der Waals surface area contributed by atoms with E-state index in [1.165, 1.54) is 19.2 Å². The van der Waals surface area contributed by atoms with Gasteiger partial charge in [-0.1, -0.05) is 11.6 Å². The van der Waals surface area contributed by atoms with Crippen LogP contribution in [0, 0.1) is 12.7 Å². The summed E-state index contributed by atoms with van der Waals surface area (Å²) in [6.45, 7) is 1.59. The molecular formula is C10H13ClFN3O. The molecule has 0 aliphatic rings. The molecule has 0 saturated carbocycles. The van der Waals surface area contributed by atoms with E-state index in [2.05, 4.69) is 10.9 Å². The Balaban J connectivity index is 3.04. The summed E-state index contributed by atoms with van der Waals surface area (Å²) in [4.78, 5) is 11.4. The van der Waals surface area contributed by atoms with Crippen LogP contribution in [0.1, 0.15) is 17.2 Å². The molecule has 1 unspecified atom stereocenters. The van der Waals surface area contributed by atoms with Gasteiger partial charge in [0.05, 0.1) is 0 Å². The molecule has 4 N–H and O–H groups in total. The number of amides is 1. The first-order valence-corrected chi connectivity index (χ1v) is 5.03. The lowest BCUT2D eigenvalue weighted by atomic mass is 10.0. The summed E-state index contributed by atoms with van der Waals surface area (Å²) in [6, 6.07) is 1.62. The smallest absolute Gasteiger partial charge is 0.255 e. The van der Waals surface area contributed by atoms with Gasteiger partial charge >= 0.3 is 0 Å². The molecule has 0 aliphatic carbocycles. The Kier molecular flexibility index (Phi) is 4.23. The number of nitrogens with two attached hydrogens (primary N) is 1. The first-order valence-electron chi connectivity index (χ1n) is 4.65. The average Bonchev–Trinajstić information content (AvgIpc) is 2.23. The van der Waals surface area contributed by atoms with Gasteiger partial charge in [-0.05, 0) is 30.2 Å². The summed E-state index contributed by atoms with van der Waals surface area (Å²) in [5, 5.41) is 0.276. The summed E-state index contributed by atoms with van der Waals surface area (Å²) in [5.41, 5.74) is 11.1. The molecule has 0 radical (unpaired) electrons. The van der Waals surface area contributed by atoms with Crippen LogP contribution in [-0.4, -0.2) is 13.0 Å². The van der Waals surface area contributed by atoms with E-state index in [0.717, 1.165) is 0 Å². The highest BCUT2D eigenvalue weighted by Crippen LogP contribution is 2.24. The largest absolute Gasteiger partial charge is 0.316 e. The van der Waals surface area contributed by atoms with Crippen LogP contribution in [0.4, 0.5) is 4.39 Å². The van der Waals surface area contributed by atoms with Crippen molar-refractivity contribution < 1.29 is 9.18 Å². The highest BCUT2D eigenvalue weighted by atomic mass is 35.5. The third kappa shape index (κ3) is 2.69. The van der Waals surface area contributed by atoms with Crippen LogP contribution in [0.3, 0.4) is 0 Å². The Bertz CT molecular complexity index is 411. The summed E-state index contributed by atoms with van der Waals surface area (Å²) >= 11 is 5.89. The SMILES string of the molecule is CNNC(=O)C(N)c1cc(F)c(C)cc1Cl. The fraction of sp³-hybridized carbons (Fsp3) is 0.300. The number of benzene rings is 1. The molecule has 1 rings (SSSR count). The van der Waals surface area contributed by atoms with E-state index in [4.69, 9.17) is 17.3 Å². The van der Waals surface area contributed by atoms with E-state index in [1.54, 1.807) is 6.92 Å². The average molecular weight is 246 g/mol. The summed E-state index contributed by atoms with van der Waals surface area (Å²) in [5.74, 6) is -0.917. The van der Waals surface area contributed by atoms with E-state index in [9.17, 15) is 9.18 Å². The Labute approximate surface area is 97.9 Å². The third-order valence-corrected chi connectivity index (χ3v) is 2.47. The molecule has 16 heavy (non-hydrogen) atoms. The van der Waals surface area contributed by atoms with E-state index in [0.29, 0.717) is 5.56 Å². The number of carbonyl (C=O) groups is 1.